The van der Waals surface area contributed by atoms with Crippen molar-refractivity contribution >= 4 is 27.6 Å². The topological polar surface area (TPSA) is 73.8 Å². The van der Waals surface area contributed by atoms with Crippen LogP contribution in [-0.2, 0) is 10.0 Å². The Bertz CT molecular complexity index is 683. The Hall–Kier alpha value is -1.31. The predicted octanol–water partition coefficient (Wildman–Crippen LogP) is 2.24. The number of nitrogens with one attached hydrogen (secondary N) is 2. The fourth-order valence-electron chi connectivity index (χ4n) is 2.92. The van der Waals surface area contributed by atoms with Crippen LogP contribution in [0.2, 0.25) is 5.02 Å². The van der Waals surface area contributed by atoms with E-state index in [-0.39, 0.29) is 6.04 Å². The van der Waals surface area contributed by atoms with E-state index in [1.165, 1.54) is 6.26 Å². The number of hydrogen-bond acceptors (Lipinski definition) is 3. The van der Waals surface area contributed by atoms with Crippen LogP contribution in [0.15, 0.2) is 29.3 Å². The van der Waals surface area contributed by atoms with Crippen molar-refractivity contribution in [1.82, 2.24) is 14.9 Å². The van der Waals surface area contributed by atoms with Gasteiger partial charge < -0.3 is 10.6 Å². The molecule has 1 fully saturated rings. The van der Waals surface area contributed by atoms with Gasteiger partial charge in [-0.25, -0.2) is 12.7 Å². The van der Waals surface area contributed by atoms with Crippen LogP contribution in [0.25, 0.3) is 0 Å². The van der Waals surface area contributed by atoms with E-state index in [1.54, 1.807) is 11.4 Å². The first-order valence-corrected chi connectivity index (χ1v) is 10.7. The summed E-state index contributed by atoms with van der Waals surface area (Å²) in [5.74, 6) is 1.19. The van der Waals surface area contributed by atoms with E-state index in [2.05, 4.69) is 22.5 Å². The molecule has 2 N–H and O–H groups in total. The maximum Gasteiger partial charge on any atom is 0.211 e. The van der Waals surface area contributed by atoms with Crippen LogP contribution in [0.5, 0.6) is 0 Å². The number of guanidine groups is 1. The molecule has 0 saturated carbocycles. The lowest BCUT2D eigenvalue weighted by atomic mass is 9.98. The van der Waals surface area contributed by atoms with E-state index < -0.39 is 10.0 Å². The van der Waals surface area contributed by atoms with Gasteiger partial charge in [-0.15, -0.1) is 0 Å². The summed E-state index contributed by atoms with van der Waals surface area (Å²) in [5, 5.41) is 7.44. The molecule has 0 aliphatic carbocycles. The van der Waals surface area contributed by atoms with Gasteiger partial charge in [0.05, 0.1) is 12.3 Å². The Morgan fingerprint density at radius 3 is 2.44 bits per heavy atom. The Kier molecular flexibility index (Phi) is 7.10. The van der Waals surface area contributed by atoms with Crippen LogP contribution in [0, 0.1) is 5.92 Å². The van der Waals surface area contributed by atoms with E-state index in [0.717, 1.165) is 35.9 Å². The smallest absolute Gasteiger partial charge is 0.211 e. The highest BCUT2D eigenvalue weighted by Crippen LogP contribution is 2.19. The van der Waals surface area contributed by atoms with Crippen LogP contribution in [0.3, 0.4) is 0 Å². The molecule has 0 radical (unpaired) electrons. The van der Waals surface area contributed by atoms with Crippen molar-refractivity contribution in [2.75, 3.05) is 32.9 Å². The maximum absolute atomic E-state index is 11.6. The lowest BCUT2D eigenvalue weighted by Gasteiger charge is -2.30. The zero-order valence-corrected chi connectivity index (χ0v) is 16.6. The number of rotatable bonds is 5. The second-order valence-corrected chi connectivity index (χ2v) is 8.89. The average molecular weight is 387 g/mol. The molecule has 0 bridgehead atoms. The number of halogens is 1. The van der Waals surface area contributed by atoms with Crippen molar-refractivity contribution in [3.63, 3.8) is 0 Å². The molecular weight excluding hydrogens is 360 g/mol. The van der Waals surface area contributed by atoms with Crippen LogP contribution >= 0.6 is 11.6 Å². The largest absolute Gasteiger partial charge is 0.356 e. The molecule has 1 aromatic carbocycles. The monoisotopic (exact) mass is 386 g/mol. The quantitative estimate of drug-likeness (QED) is 0.601. The van der Waals surface area contributed by atoms with Gasteiger partial charge in [-0.1, -0.05) is 23.7 Å². The first-order chi connectivity index (χ1) is 11.8. The third-order valence-corrected chi connectivity index (χ3v) is 6.10. The van der Waals surface area contributed by atoms with Crippen molar-refractivity contribution in [3.8, 4) is 0 Å². The first-order valence-electron chi connectivity index (χ1n) is 8.47. The van der Waals surface area contributed by atoms with Gasteiger partial charge in [0.25, 0.3) is 0 Å². The Morgan fingerprint density at radius 2 is 1.92 bits per heavy atom. The highest BCUT2D eigenvalue weighted by Gasteiger charge is 2.24. The molecule has 1 aromatic rings. The SMILES string of the molecule is CN=C(NCC1CCN(S(C)(=O)=O)CC1)NC(C)c1ccc(Cl)cc1. The highest BCUT2D eigenvalue weighted by atomic mass is 35.5. The van der Waals surface area contributed by atoms with E-state index in [4.69, 9.17) is 11.6 Å². The van der Waals surface area contributed by atoms with Crippen molar-refractivity contribution < 1.29 is 8.42 Å². The molecule has 1 saturated heterocycles. The summed E-state index contributed by atoms with van der Waals surface area (Å²) < 4.78 is 24.7. The maximum atomic E-state index is 11.6. The van der Waals surface area contributed by atoms with E-state index in [1.807, 2.05) is 24.3 Å². The number of hydrogen-bond donors (Lipinski definition) is 2. The van der Waals surface area contributed by atoms with Crippen molar-refractivity contribution in [3.05, 3.63) is 34.9 Å². The van der Waals surface area contributed by atoms with Crippen LogP contribution in [-0.4, -0.2) is 51.6 Å². The summed E-state index contributed by atoms with van der Waals surface area (Å²) in [5.41, 5.74) is 1.13. The van der Waals surface area contributed by atoms with Crippen LogP contribution in [0.4, 0.5) is 0 Å². The molecular formula is C17H27ClN4O2S. The summed E-state index contributed by atoms with van der Waals surface area (Å²) in [4.78, 5) is 4.27. The number of aliphatic imine (C=N–C) groups is 1. The van der Waals surface area contributed by atoms with Crippen molar-refractivity contribution in [1.29, 1.82) is 0 Å². The second kappa shape index (κ2) is 8.87. The average Bonchev–Trinajstić information content (AvgIpc) is 2.58. The standard InChI is InChI=1S/C17H27ClN4O2S/c1-13(15-4-6-16(18)7-5-15)21-17(19-2)20-12-14-8-10-22(11-9-14)25(3,23)24/h4-7,13-14H,8-12H2,1-3H3,(H2,19,20,21). The van der Waals surface area contributed by atoms with E-state index in [0.29, 0.717) is 19.0 Å². The van der Waals surface area contributed by atoms with Gasteiger partial charge in [0.1, 0.15) is 0 Å². The number of benzene rings is 1. The van der Waals surface area contributed by atoms with Crippen LogP contribution < -0.4 is 10.6 Å². The zero-order valence-electron chi connectivity index (χ0n) is 15.0. The molecule has 1 unspecified atom stereocenters. The molecule has 1 atom stereocenters. The van der Waals surface area contributed by atoms with Gasteiger partial charge in [0, 0.05) is 31.7 Å². The number of sulfonamides is 1. The third-order valence-electron chi connectivity index (χ3n) is 4.55. The van der Waals surface area contributed by atoms with Crippen LogP contribution in [0.1, 0.15) is 31.4 Å². The molecule has 0 spiro atoms. The summed E-state index contributed by atoms with van der Waals surface area (Å²) in [6, 6.07) is 7.85. The molecule has 1 aliphatic rings. The predicted molar refractivity (Wildman–Crippen MR) is 104 cm³/mol. The molecule has 140 valence electrons. The highest BCUT2D eigenvalue weighted by molar-refractivity contribution is 7.88. The van der Waals surface area contributed by atoms with E-state index in [9.17, 15) is 8.42 Å². The molecule has 6 nitrogen and oxygen atoms in total. The minimum atomic E-state index is -3.07. The molecule has 1 heterocycles. The van der Waals surface area contributed by atoms with Crippen molar-refractivity contribution in [2.24, 2.45) is 10.9 Å². The lowest BCUT2D eigenvalue weighted by Crippen LogP contribution is -2.44. The van der Waals surface area contributed by atoms with E-state index >= 15 is 0 Å². The summed E-state index contributed by atoms with van der Waals surface area (Å²) in [6.07, 6.45) is 3.00. The molecule has 0 aromatic heterocycles. The molecule has 25 heavy (non-hydrogen) atoms. The van der Waals surface area contributed by atoms with Gasteiger partial charge >= 0.3 is 0 Å². The normalized spacial score (nSPS) is 18.8. The number of piperidine rings is 1. The summed E-state index contributed by atoms with van der Waals surface area (Å²) in [7, 11) is -1.32. The fraction of sp³-hybridized carbons (Fsp3) is 0.588. The number of nitrogens with zero attached hydrogens (tertiary/aromatic N) is 2. The van der Waals surface area contributed by atoms with Crippen molar-refractivity contribution in [2.45, 2.75) is 25.8 Å². The van der Waals surface area contributed by atoms with Gasteiger partial charge in [-0.05, 0) is 43.4 Å². The fourth-order valence-corrected chi connectivity index (χ4v) is 3.92. The van der Waals surface area contributed by atoms with Gasteiger partial charge in [-0.3, -0.25) is 4.99 Å². The molecule has 8 heteroatoms. The second-order valence-electron chi connectivity index (χ2n) is 6.48. The van der Waals surface area contributed by atoms with Gasteiger partial charge in [0.15, 0.2) is 5.96 Å². The molecule has 0 amide bonds. The summed E-state index contributed by atoms with van der Waals surface area (Å²) in [6.45, 7) is 4.04. The Balaban J connectivity index is 1.80. The molecule has 1 aliphatic heterocycles. The minimum Gasteiger partial charge on any atom is -0.356 e. The van der Waals surface area contributed by atoms with Gasteiger partial charge in [0.2, 0.25) is 10.0 Å². The molecule has 2 rings (SSSR count). The Morgan fingerprint density at radius 1 is 1.32 bits per heavy atom. The minimum absolute atomic E-state index is 0.107. The zero-order chi connectivity index (χ0) is 18.4. The lowest BCUT2D eigenvalue weighted by molar-refractivity contribution is 0.274. The third kappa shape index (κ3) is 6.17. The van der Waals surface area contributed by atoms with Gasteiger partial charge in [-0.2, -0.15) is 0 Å². The Labute approximate surface area is 155 Å². The summed E-state index contributed by atoms with van der Waals surface area (Å²) >= 11 is 5.93. The first kappa shape index (κ1) is 20.0.